The molecule has 3 rings (SSSR count). The minimum atomic E-state index is -0.350. The van der Waals surface area contributed by atoms with Crippen molar-refractivity contribution < 1.29 is 9.59 Å². The number of nitrogens with zero attached hydrogens (tertiary/aromatic N) is 4. The van der Waals surface area contributed by atoms with Crippen molar-refractivity contribution in [2.24, 2.45) is 0 Å². The Kier molecular flexibility index (Phi) is 5.45. The van der Waals surface area contributed by atoms with Crippen LogP contribution in [0.2, 0.25) is 5.02 Å². The standard InChI is InChI=1S/C17H18ClN5O2/c18-14-4-2-1-3-13(14)17(25)21-12-16(24)23-9-7-22(8-10-23)15-11-19-5-6-20-15/h1-6,11H,7-10,12H2,(H,21,25). The Morgan fingerprint density at radius 2 is 1.88 bits per heavy atom. The third kappa shape index (κ3) is 4.24. The van der Waals surface area contributed by atoms with Gasteiger partial charge in [0.1, 0.15) is 5.82 Å². The third-order valence-electron chi connectivity index (χ3n) is 4.02. The summed E-state index contributed by atoms with van der Waals surface area (Å²) in [5, 5.41) is 2.99. The molecule has 0 radical (unpaired) electrons. The smallest absolute Gasteiger partial charge is 0.253 e. The summed E-state index contributed by atoms with van der Waals surface area (Å²) >= 11 is 5.98. The van der Waals surface area contributed by atoms with Gasteiger partial charge in [0.15, 0.2) is 0 Å². The SMILES string of the molecule is O=C(NCC(=O)N1CCN(c2cnccn2)CC1)c1ccccc1Cl. The third-order valence-corrected chi connectivity index (χ3v) is 4.35. The molecule has 2 heterocycles. The largest absolute Gasteiger partial charge is 0.352 e. The monoisotopic (exact) mass is 359 g/mol. The predicted molar refractivity (Wildman–Crippen MR) is 94.6 cm³/mol. The molecule has 1 N–H and O–H groups in total. The zero-order valence-corrected chi connectivity index (χ0v) is 14.3. The van der Waals surface area contributed by atoms with Crippen LogP contribution in [-0.2, 0) is 4.79 Å². The maximum atomic E-state index is 12.3. The van der Waals surface area contributed by atoms with E-state index in [4.69, 9.17) is 11.6 Å². The first-order valence-corrected chi connectivity index (χ1v) is 8.34. The van der Waals surface area contributed by atoms with Crippen LogP contribution in [0.5, 0.6) is 0 Å². The van der Waals surface area contributed by atoms with Gasteiger partial charge in [-0.2, -0.15) is 0 Å². The number of halogens is 1. The lowest BCUT2D eigenvalue weighted by Crippen LogP contribution is -2.51. The van der Waals surface area contributed by atoms with Gasteiger partial charge in [-0.15, -0.1) is 0 Å². The van der Waals surface area contributed by atoms with Gasteiger partial charge in [0.2, 0.25) is 5.91 Å². The molecule has 1 aliphatic rings. The first-order chi connectivity index (χ1) is 12.1. The number of hydrogen-bond acceptors (Lipinski definition) is 5. The quantitative estimate of drug-likeness (QED) is 0.887. The molecule has 25 heavy (non-hydrogen) atoms. The molecule has 0 aliphatic carbocycles. The maximum absolute atomic E-state index is 12.3. The van der Waals surface area contributed by atoms with E-state index in [0.717, 1.165) is 5.82 Å². The molecule has 7 nitrogen and oxygen atoms in total. The second-order valence-electron chi connectivity index (χ2n) is 5.59. The molecule has 8 heteroatoms. The number of amides is 2. The molecule has 130 valence electrons. The number of carbonyl (C=O) groups is 2. The van der Waals surface area contributed by atoms with E-state index in [-0.39, 0.29) is 18.4 Å². The van der Waals surface area contributed by atoms with Crippen molar-refractivity contribution >= 4 is 29.2 Å². The van der Waals surface area contributed by atoms with Crippen LogP contribution in [0.1, 0.15) is 10.4 Å². The normalized spacial score (nSPS) is 14.3. The Bertz CT molecular complexity index is 748. The Morgan fingerprint density at radius 3 is 2.56 bits per heavy atom. The van der Waals surface area contributed by atoms with Gasteiger partial charge in [-0.3, -0.25) is 14.6 Å². The molecule has 1 saturated heterocycles. The van der Waals surface area contributed by atoms with E-state index in [0.29, 0.717) is 36.8 Å². The highest BCUT2D eigenvalue weighted by molar-refractivity contribution is 6.33. The van der Waals surface area contributed by atoms with Gasteiger partial charge in [-0.1, -0.05) is 23.7 Å². The molecular weight excluding hydrogens is 342 g/mol. The maximum Gasteiger partial charge on any atom is 0.253 e. The number of piperazine rings is 1. The highest BCUT2D eigenvalue weighted by Crippen LogP contribution is 2.14. The van der Waals surface area contributed by atoms with Crippen molar-refractivity contribution in [3.8, 4) is 0 Å². The van der Waals surface area contributed by atoms with Crippen LogP contribution in [0.3, 0.4) is 0 Å². The fourth-order valence-corrected chi connectivity index (χ4v) is 2.87. The first kappa shape index (κ1) is 17.2. The van der Waals surface area contributed by atoms with Crippen molar-refractivity contribution in [3.05, 3.63) is 53.4 Å². The Morgan fingerprint density at radius 1 is 1.12 bits per heavy atom. The molecule has 1 aliphatic heterocycles. The number of aromatic nitrogens is 2. The van der Waals surface area contributed by atoms with Gasteiger partial charge in [0.25, 0.3) is 5.91 Å². The van der Waals surface area contributed by atoms with Gasteiger partial charge in [0, 0.05) is 38.6 Å². The molecule has 1 aromatic heterocycles. The van der Waals surface area contributed by atoms with Gasteiger partial charge < -0.3 is 15.1 Å². The lowest BCUT2D eigenvalue weighted by Gasteiger charge is -2.35. The second kappa shape index (κ2) is 7.94. The van der Waals surface area contributed by atoms with Crippen LogP contribution in [0.25, 0.3) is 0 Å². The molecule has 1 fully saturated rings. The molecular formula is C17H18ClN5O2. The van der Waals surface area contributed by atoms with Gasteiger partial charge >= 0.3 is 0 Å². The fraction of sp³-hybridized carbons (Fsp3) is 0.294. The minimum absolute atomic E-state index is 0.0464. The average molecular weight is 360 g/mol. The fourth-order valence-electron chi connectivity index (χ4n) is 2.65. The van der Waals surface area contributed by atoms with E-state index in [2.05, 4.69) is 20.2 Å². The molecule has 0 saturated carbocycles. The highest BCUT2D eigenvalue weighted by atomic mass is 35.5. The Hall–Kier alpha value is -2.67. The van der Waals surface area contributed by atoms with E-state index < -0.39 is 0 Å². The van der Waals surface area contributed by atoms with E-state index >= 15 is 0 Å². The van der Waals surface area contributed by atoms with Gasteiger partial charge in [-0.05, 0) is 12.1 Å². The highest BCUT2D eigenvalue weighted by Gasteiger charge is 2.22. The molecule has 0 spiro atoms. The Balaban J connectivity index is 1.48. The summed E-state index contributed by atoms with van der Waals surface area (Å²) in [6, 6.07) is 6.75. The van der Waals surface area contributed by atoms with Crippen molar-refractivity contribution in [2.45, 2.75) is 0 Å². The zero-order valence-electron chi connectivity index (χ0n) is 13.6. The summed E-state index contributed by atoms with van der Waals surface area (Å²) in [5.41, 5.74) is 0.365. The zero-order chi connectivity index (χ0) is 17.6. The van der Waals surface area contributed by atoms with E-state index in [1.165, 1.54) is 0 Å². The minimum Gasteiger partial charge on any atom is -0.352 e. The average Bonchev–Trinajstić information content (AvgIpc) is 2.67. The molecule has 1 aromatic carbocycles. The topological polar surface area (TPSA) is 78.4 Å². The number of rotatable bonds is 4. The summed E-state index contributed by atoms with van der Waals surface area (Å²) in [6.45, 7) is 2.48. The van der Waals surface area contributed by atoms with Crippen molar-refractivity contribution in [2.75, 3.05) is 37.6 Å². The number of hydrogen-bond donors (Lipinski definition) is 1. The molecule has 0 unspecified atom stereocenters. The number of carbonyl (C=O) groups excluding carboxylic acids is 2. The van der Waals surface area contributed by atoms with Crippen LogP contribution in [0, 0.1) is 0 Å². The summed E-state index contributed by atoms with van der Waals surface area (Å²) < 4.78 is 0. The van der Waals surface area contributed by atoms with Crippen LogP contribution >= 0.6 is 11.6 Å². The second-order valence-corrected chi connectivity index (χ2v) is 6.00. The van der Waals surface area contributed by atoms with Crippen molar-refractivity contribution in [3.63, 3.8) is 0 Å². The molecule has 0 atom stereocenters. The molecule has 2 aromatic rings. The van der Waals surface area contributed by atoms with Crippen LogP contribution in [0.15, 0.2) is 42.9 Å². The van der Waals surface area contributed by atoms with Crippen molar-refractivity contribution in [1.82, 2.24) is 20.2 Å². The lowest BCUT2D eigenvalue weighted by molar-refractivity contribution is -0.130. The van der Waals surface area contributed by atoms with E-state index in [1.807, 2.05) is 0 Å². The Labute approximate surface area is 150 Å². The predicted octanol–water partition coefficient (Wildman–Crippen LogP) is 1.21. The first-order valence-electron chi connectivity index (χ1n) is 7.96. The summed E-state index contributed by atoms with van der Waals surface area (Å²) in [5.74, 6) is 0.345. The van der Waals surface area contributed by atoms with Crippen molar-refractivity contribution in [1.29, 1.82) is 0 Å². The number of benzene rings is 1. The van der Waals surface area contributed by atoms with Gasteiger partial charge in [-0.25, -0.2) is 4.98 Å². The number of anilines is 1. The van der Waals surface area contributed by atoms with E-state index in [9.17, 15) is 9.59 Å². The lowest BCUT2D eigenvalue weighted by atomic mass is 10.2. The summed E-state index contributed by atoms with van der Waals surface area (Å²) in [4.78, 5) is 36.5. The molecule has 0 bridgehead atoms. The number of nitrogens with one attached hydrogen (secondary N) is 1. The summed E-state index contributed by atoms with van der Waals surface area (Å²) in [6.07, 6.45) is 4.99. The van der Waals surface area contributed by atoms with Crippen LogP contribution < -0.4 is 10.2 Å². The van der Waals surface area contributed by atoms with Crippen LogP contribution in [-0.4, -0.2) is 59.4 Å². The van der Waals surface area contributed by atoms with E-state index in [1.54, 1.807) is 47.8 Å². The van der Waals surface area contributed by atoms with Crippen LogP contribution in [0.4, 0.5) is 5.82 Å². The molecule has 2 amide bonds. The summed E-state index contributed by atoms with van der Waals surface area (Å²) in [7, 11) is 0. The van der Waals surface area contributed by atoms with Gasteiger partial charge in [0.05, 0.1) is 23.3 Å².